The predicted octanol–water partition coefficient (Wildman–Crippen LogP) is 1.89. The summed E-state index contributed by atoms with van der Waals surface area (Å²) in [5.41, 5.74) is 0.861. The molecule has 1 aromatic heterocycles. The van der Waals surface area contributed by atoms with E-state index in [9.17, 15) is 0 Å². The molecule has 0 aliphatic rings. The Balaban J connectivity index is 2.61. The van der Waals surface area contributed by atoms with Crippen molar-refractivity contribution in [1.82, 2.24) is 9.55 Å². The van der Waals surface area contributed by atoms with Gasteiger partial charge in [0.15, 0.2) is 0 Å². The van der Waals surface area contributed by atoms with E-state index >= 15 is 0 Å². The summed E-state index contributed by atoms with van der Waals surface area (Å²) in [6.45, 7) is 0. The van der Waals surface area contributed by atoms with E-state index in [2.05, 4.69) is 4.98 Å². The molecule has 0 aliphatic carbocycles. The molecule has 2 aromatic rings. The van der Waals surface area contributed by atoms with Crippen LogP contribution in [0.4, 0.5) is 0 Å². The van der Waals surface area contributed by atoms with Crippen LogP contribution in [-0.2, 0) is 0 Å². The average molecular weight is 204 g/mol. The maximum Gasteiger partial charge on any atom is 0.146 e. The fourth-order valence-corrected chi connectivity index (χ4v) is 1.48. The first-order valence-electron chi connectivity index (χ1n) is 4.56. The molecule has 0 atom stereocenters. The zero-order valence-electron chi connectivity index (χ0n) is 8.68. The highest BCUT2D eigenvalue weighted by atomic mass is 16.5. The molecule has 0 amide bonds. The van der Waals surface area contributed by atoms with Gasteiger partial charge < -0.3 is 9.47 Å². The Hall–Kier alpha value is -1.97. The van der Waals surface area contributed by atoms with Crippen molar-refractivity contribution >= 4 is 0 Å². The van der Waals surface area contributed by atoms with Crippen LogP contribution in [0.25, 0.3) is 5.69 Å². The summed E-state index contributed by atoms with van der Waals surface area (Å²) in [5.74, 6) is 1.51. The lowest BCUT2D eigenvalue weighted by Crippen LogP contribution is -1.99. The van der Waals surface area contributed by atoms with Crippen LogP contribution in [0.15, 0.2) is 36.9 Å². The van der Waals surface area contributed by atoms with E-state index in [-0.39, 0.29) is 0 Å². The second kappa shape index (κ2) is 4.04. The SMILES string of the molecule is COc1cccc(OC)c1-n1ccnc1. The molecule has 0 saturated carbocycles. The van der Waals surface area contributed by atoms with E-state index < -0.39 is 0 Å². The van der Waals surface area contributed by atoms with Crippen LogP contribution in [0.3, 0.4) is 0 Å². The van der Waals surface area contributed by atoms with Crippen molar-refractivity contribution in [3.05, 3.63) is 36.9 Å². The summed E-state index contributed by atoms with van der Waals surface area (Å²) in [7, 11) is 3.27. The molecule has 0 radical (unpaired) electrons. The normalized spacial score (nSPS) is 10.0. The van der Waals surface area contributed by atoms with Gasteiger partial charge in [0, 0.05) is 12.4 Å². The monoisotopic (exact) mass is 204 g/mol. The largest absolute Gasteiger partial charge is 0.494 e. The van der Waals surface area contributed by atoms with Gasteiger partial charge in [0.1, 0.15) is 17.2 Å². The van der Waals surface area contributed by atoms with Crippen LogP contribution >= 0.6 is 0 Å². The van der Waals surface area contributed by atoms with Crippen LogP contribution in [0.5, 0.6) is 11.5 Å². The molecular formula is C11H12N2O2. The molecule has 1 aromatic carbocycles. The maximum atomic E-state index is 5.28. The van der Waals surface area contributed by atoms with Gasteiger partial charge in [-0.1, -0.05) is 6.07 Å². The third-order valence-corrected chi connectivity index (χ3v) is 2.16. The van der Waals surface area contributed by atoms with Gasteiger partial charge >= 0.3 is 0 Å². The number of ether oxygens (including phenoxy) is 2. The van der Waals surface area contributed by atoms with E-state index in [4.69, 9.17) is 9.47 Å². The van der Waals surface area contributed by atoms with Crippen molar-refractivity contribution in [1.29, 1.82) is 0 Å². The first-order valence-corrected chi connectivity index (χ1v) is 4.56. The fraction of sp³-hybridized carbons (Fsp3) is 0.182. The minimum atomic E-state index is 0.757. The molecule has 4 heteroatoms. The van der Waals surface area contributed by atoms with Gasteiger partial charge in [0.2, 0.25) is 0 Å². The number of nitrogens with zero attached hydrogens (tertiary/aromatic N) is 2. The van der Waals surface area contributed by atoms with Crippen molar-refractivity contribution in [3.8, 4) is 17.2 Å². The molecule has 2 rings (SSSR count). The van der Waals surface area contributed by atoms with Crippen LogP contribution < -0.4 is 9.47 Å². The molecular weight excluding hydrogens is 192 g/mol. The molecule has 0 N–H and O–H groups in total. The summed E-state index contributed by atoms with van der Waals surface area (Å²) >= 11 is 0. The van der Waals surface area contributed by atoms with E-state index in [1.807, 2.05) is 29.0 Å². The summed E-state index contributed by atoms with van der Waals surface area (Å²) in [4.78, 5) is 4.00. The fourth-order valence-electron chi connectivity index (χ4n) is 1.48. The number of para-hydroxylation sites is 1. The van der Waals surface area contributed by atoms with Crippen LogP contribution in [0, 0.1) is 0 Å². The molecule has 0 fully saturated rings. The molecule has 0 aliphatic heterocycles. The molecule has 78 valence electrons. The molecule has 0 saturated heterocycles. The number of rotatable bonds is 3. The highest BCUT2D eigenvalue weighted by molar-refractivity contribution is 5.57. The quantitative estimate of drug-likeness (QED) is 0.766. The Kier molecular flexibility index (Phi) is 2.58. The van der Waals surface area contributed by atoms with E-state index in [0.29, 0.717) is 0 Å². The van der Waals surface area contributed by atoms with Crippen molar-refractivity contribution in [2.45, 2.75) is 0 Å². The van der Waals surface area contributed by atoms with Crippen molar-refractivity contribution < 1.29 is 9.47 Å². The minimum Gasteiger partial charge on any atom is -0.494 e. The number of hydrogen-bond acceptors (Lipinski definition) is 3. The number of methoxy groups -OCH3 is 2. The van der Waals surface area contributed by atoms with Gasteiger partial charge in [-0.2, -0.15) is 0 Å². The summed E-state index contributed by atoms with van der Waals surface area (Å²) < 4.78 is 12.4. The second-order valence-electron chi connectivity index (χ2n) is 2.98. The Morgan fingerprint density at radius 1 is 1.13 bits per heavy atom. The van der Waals surface area contributed by atoms with E-state index in [0.717, 1.165) is 17.2 Å². The Bertz CT molecular complexity index is 416. The zero-order valence-corrected chi connectivity index (χ0v) is 8.68. The summed E-state index contributed by atoms with van der Waals surface area (Å²) in [6, 6.07) is 5.66. The molecule has 1 heterocycles. The lowest BCUT2D eigenvalue weighted by atomic mass is 10.2. The second-order valence-corrected chi connectivity index (χ2v) is 2.98. The molecule has 0 bridgehead atoms. The Labute approximate surface area is 88.1 Å². The lowest BCUT2D eigenvalue weighted by Gasteiger charge is -2.12. The van der Waals surface area contributed by atoms with Gasteiger partial charge in [-0.3, -0.25) is 4.57 Å². The van der Waals surface area contributed by atoms with Gasteiger partial charge in [0.25, 0.3) is 0 Å². The minimum absolute atomic E-state index is 0.757. The van der Waals surface area contributed by atoms with Crippen molar-refractivity contribution in [2.75, 3.05) is 14.2 Å². The smallest absolute Gasteiger partial charge is 0.146 e. The molecule has 4 nitrogen and oxygen atoms in total. The standard InChI is InChI=1S/C11H12N2O2/c1-14-9-4-3-5-10(15-2)11(9)13-7-6-12-8-13/h3-8H,1-2H3. The predicted molar refractivity (Wildman–Crippen MR) is 56.7 cm³/mol. The highest BCUT2D eigenvalue weighted by Gasteiger charge is 2.10. The lowest BCUT2D eigenvalue weighted by molar-refractivity contribution is 0.391. The maximum absolute atomic E-state index is 5.28. The van der Waals surface area contributed by atoms with E-state index in [1.54, 1.807) is 26.7 Å². The van der Waals surface area contributed by atoms with Crippen LogP contribution in [0.1, 0.15) is 0 Å². The van der Waals surface area contributed by atoms with E-state index in [1.165, 1.54) is 0 Å². The Morgan fingerprint density at radius 2 is 1.80 bits per heavy atom. The van der Waals surface area contributed by atoms with Crippen LogP contribution in [-0.4, -0.2) is 23.8 Å². The molecule has 0 spiro atoms. The van der Waals surface area contributed by atoms with Crippen LogP contribution in [0.2, 0.25) is 0 Å². The van der Waals surface area contributed by atoms with Gasteiger partial charge in [-0.25, -0.2) is 4.98 Å². The topological polar surface area (TPSA) is 36.3 Å². The third kappa shape index (κ3) is 1.66. The third-order valence-electron chi connectivity index (χ3n) is 2.16. The molecule has 0 unspecified atom stereocenters. The zero-order chi connectivity index (χ0) is 10.7. The van der Waals surface area contributed by atoms with Gasteiger partial charge in [-0.05, 0) is 12.1 Å². The summed E-state index contributed by atoms with van der Waals surface area (Å²) in [6.07, 6.45) is 5.27. The summed E-state index contributed by atoms with van der Waals surface area (Å²) in [5, 5.41) is 0. The Morgan fingerprint density at radius 3 is 2.27 bits per heavy atom. The number of benzene rings is 1. The van der Waals surface area contributed by atoms with Crippen molar-refractivity contribution in [3.63, 3.8) is 0 Å². The van der Waals surface area contributed by atoms with Gasteiger partial charge in [-0.15, -0.1) is 0 Å². The number of imidazole rings is 1. The first kappa shape index (κ1) is 9.58. The molecule has 15 heavy (non-hydrogen) atoms. The first-order chi connectivity index (χ1) is 7.36. The number of aromatic nitrogens is 2. The number of hydrogen-bond donors (Lipinski definition) is 0. The van der Waals surface area contributed by atoms with Gasteiger partial charge in [0.05, 0.1) is 20.5 Å². The highest BCUT2D eigenvalue weighted by Crippen LogP contribution is 2.31. The van der Waals surface area contributed by atoms with Crippen molar-refractivity contribution in [2.24, 2.45) is 0 Å². The average Bonchev–Trinajstić information content (AvgIpc) is 2.81.